The number of benzene rings is 1. The van der Waals surface area contributed by atoms with Crippen LogP contribution >= 0.6 is 0 Å². The van der Waals surface area contributed by atoms with E-state index in [2.05, 4.69) is 5.32 Å². The lowest BCUT2D eigenvalue weighted by Crippen LogP contribution is -2.44. The molecular weight excluding hydrogens is 303 g/mol. The topological polar surface area (TPSA) is 86.7 Å². The van der Waals surface area contributed by atoms with E-state index in [-0.39, 0.29) is 37.9 Å². The number of carboxylic acid groups (broad SMARTS) is 1. The summed E-state index contributed by atoms with van der Waals surface area (Å²) in [6, 6.07) is 5.51. The Balaban J connectivity index is 2.49. The lowest BCUT2D eigenvalue weighted by atomic mass is 10.1. The van der Waals surface area contributed by atoms with Gasteiger partial charge in [-0.1, -0.05) is 12.1 Å². The highest BCUT2D eigenvalue weighted by Gasteiger charge is 2.18. The van der Waals surface area contributed by atoms with Crippen molar-refractivity contribution in [1.82, 2.24) is 10.2 Å². The van der Waals surface area contributed by atoms with Crippen LogP contribution in [0, 0.1) is 5.82 Å². The van der Waals surface area contributed by atoms with E-state index in [4.69, 9.17) is 5.11 Å². The summed E-state index contributed by atoms with van der Waals surface area (Å²) in [5.74, 6) is -2.16. The van der Waals surface area contributed by atoms with Crippen LogP contribution in [0.3, 0.4) is 0 Å². The van der Waals surface area contributed by atoms with Crippen molar-refractivity contribution in [1.29, 1.82) is 0 Å². The molecule has 6 nitrogen and oxygen atoms in total. The summed E-state index contributed by atoms with van der Waals surface area (Å²) in [7, 11) is 0. The lowest BCUT2D eigenvalue weighted by molar-refractivity contribution is -0.139. The van der Waals surface area contributed by atoms with Crippen molar-refractivity contribution in [3.05, 3.63) is 35.6 Å². The molecule has 2 amide bonds. The quantitative estimate of drug-likeness (QED) is 0.752. The summed E-state index contributed by atoms with van der Waals surface area (Å²) < 4.78 is 13.0. The second-order valence-corrected chi connectivity index (χ2v) is 5.41. The number of hydrogen-bond donors (Lipinski definition) is 2. The molecular formula is C16H21FN2O4. The van der Waals surface area contributed by atoms with Crippen molar-refractivity contribution in [2.45, 2.75) is 32.7 Å². The van der Waals surface area contributed by atoms with Gasteiger partial charge in [-0.3, -0.25) is 14.4 Å². The van der Waals surface area contributed by atoms with Gasteiger partial charge in [0.15, 0.2) is 0 Å². The van der Waals surface area contributed by atoms with Crippen molar-refractivity contribution in [2.75, 3.05) is 13.1 Å². The Bertz CT molecular complexity index is 575. The monoisotopic (exact) mass is 324 g/mol. The van der Waals surface area contributed by atoms with Gasteiger partial charge in [0.05, 0.1) is 19.4 Å². The molecule has 1 aromatic rings. The summed E-state index contributed by atoms with van der Waals surface area (Å²) in [5, 5.41) is 11.2. The van der Waals surface area contributed by atoms with Gasteiger partial charge in [0.2, 0.25) is 11.8 Å². The first-order chi connectivity index (χ1) is 10.8. The summed E-state index contributed by atoms with van der Waals surface area (Å²) in [6.07, 6.45) is -0.178. The molecule has 0 radical (unpaired) electrons. The van der Waals surface area contributed by atoms with Gasteiger partial charge in [-0.2, -0.15) is 0 Å². The highest BCUT2D eigenvalue weighted by Crippen LogP contribution is 2.04. The summed E-state index contributed by atoms with van der Waals surface area (Å²) >= 11 is 0. The van der Waals surface area contributed by atoms with E-state index in [0.29, 0.717) is 5.56 Å². The molecule has 0 spiro atoms. The van der Waals surface area contributed by atoms with E-state index < -0.39 is 17.7 Å². The Morgan fingerprint density at radius 3 is 2.57 bits per heavy atom. The Labute approximate surface area is 134 Å². The second-order valence-electron chi connectivity index (χ2n) is 5.41. The maximum absolute atomic E-state index is 13.0. The van der Waals surface area contributed by atoms with E-state index >= 15 is 0 Å². The molecule has 1 aromatic carbocycles. The van der Waals surface area contributed by atoms with Crippen LogP contribution in [0.2, 0.25) is 0 Å². The fourth-order valence-electron chi connectivity index (χ4n) is 2.06. The predicted molar refractivity (Wildman–Crippen MR) is 82.2 cm³/mol. The van der Waals surface area contributed by atoms with Crippen LogP contribution in [0.1, 0.15) is 25.8 Å². The average Bonchev–Trinajstić information content (AvgIpc) is 2.44. The molecule has 0 aliphatic rings. The average molecular weight is 324 g/mol. The molecule has 0 aliphatic carbocycles. The molecule has 126 valence electrons. The third-order valence-electron chi connectivity index (χ3n) is 3.20. The zero-order valence-corrected chi connectivity index (χ0v) is 13.2. The predicted octanol–water partition coefficient (Wildman–Crippen LogP) is 1.20. The van der Waals surface area contributed by atoms with Crippen molar-refractivity contribution < 1.29 is 23.9 Å². The molecule has 0 atom stereocenters. The SMILES string of the molecule is CC(C)N(CCC(=O)O)C(=O)CNC(=O)Cc1cccc(F)c1. The lowest BCUT2D eigenvalue weighted by Gasteiger charge is -2.26. The number of nitrogens with zero attached hydrogens (tertiary/aromatic N) is 1. The number of nitrogens with one attached hydrogen (secondary N) is 1. The summed E-state index contributed by atoms with van der Waals surface area (Å²) in [5.41, 5.74) is 0.515. The van der Waals surface area contributed by atoms with Gasteiger partial charge in [-0.05, 0) is 31.5 Å². The second kappa shape index (κ2) is 8.87. The number of carboxylic acids is 1. The molecule has 0 bridgehead atoms. The molecule has 2 N–H and O–H groups in total. The third-order valence-corrected chi connectivity index (χ3v) is 3.20. The normalized spacial score (nSPS) is 10.4. The number of hydrogen-bond acceptors (Lipinski definition) is 3. The number of carbonyl (C=O) groups is 3. The van der Waals surface area contributed by atoms with Crippen LogP contribution in [-0.4, -0.2) is 46.9 Å². The molecule has 1 rings (SSSR count). The van der Waals surface area contributed by atoms with Crippen molar-refractivity contribution in [3.63, 3.8) is 0 Å². The number of carbonyl (C=O) groups excluding carboxylic acids is 2. The Morgan fingerprint density at radius 1 is 1.30 bits per heavy atom. The molecule has 0 fully saturated rings. The first-order valence-corrected chi connectivity index (χ1v) is 7.32. The minimum atomic E-state index is -0.987. The molecule has 0 unspecified atom stereocenters. The van der Waals surface area contributed by atoms with Gasteiger partial charge in [0, 0.05) is 12.6 Å². The van der Waals surface area contributed by atoms with Crippen LogP contribution in [-0.2, 0) is 20.8 Å². The smallest absolute Gasteiger partial charge is 0.305 e. The minimum absolute atomic E-state index is 0.0259. The van der Waals surface area contributed by atoms with Gasteiger partial charge < -0.3 is 15.3 Å². The highest BCUT2D eigenvalue weighted by molar-refractivity contribution is 5.86. The van der Waals surface area contributed by atoms with Gasteiger partial charge in [-0.25, -0.2) is 4.39 Å². The largest absolute Gasteiger partial charge is 0.481 e. The van der Waals surface area contributed by atoms with Crippen LogP contribution < -0.4 is 5.32 Å². The maximum atomic E-state index is 13.0. The number of aliphatic carboxylic acids is 1. The molecule has 0 aromatic heterocycles. The number of amides is 2. The fraction of sp³-hybridized carbons (Fsp3) is 0.438. The van der Waals surface area contributed by atoms with E-state index in [1.54, 1.807) is 19.9 Å². The van der Waals surface area contributed by atoms with Crippen LogP contribution in [0.5, 0.6) is 0 Å². The Kier molecular flexibility index (Phi) is 7.18. The standard InChI is InChI=1S/C16H21FN2O4/c1-11(2)19(7-6-16(22)23)15(21)10-18-14(20)9-12-4-3-5-13(17)8-12/h3-5,8,11H,6-7,9-10H2,1-2H3,(H,18,20)(H,22,23). The van der Waals surface area contributed by atoms with E-state index in [1.165, 1.54) is 23.1 Å². The first-order valence-electron chi connectivity index (χ1n) is 7.32. The van der Waals surface area contributed by atoms with Crippen molar-refractivity contribution in [3.8, 4) is 0 Å². The third kappa shape index (κ3) is 6.90. The van der Waals surface area contributed by atoms with Crippen LogP contribution in [0.15, 0.2) is 24.3 Å². The van der Waals surface area contributed by atoms with Gasteiger partial charge >= 0.3 is 5.97 Å². The van der Waals surface area contributed by atoms with Crippen LogP contribution in [0.4, 0.5) is 4.39 Å². The van der Waals surface area contributed by atoms with Gasteiger partial charge in [0.1, 0.15) is 5.82 Å². The van der Waals surface area contributed by atoms with Crippen molar-refractivity contribution in [2.24, 2.45) is 0 Å². The fourth-order valence-corrected chi connectivity index (χ4v) is 2.06. The highest BCUT2D eigenvalue weighted by atomic mass is 19.1. The van der Waals surface area contributed by atoms with E-state index in [9.17, 15) is 18.8 Å². The van der Waals surface area contributed by atoms with Crippen LogP contribution in [0.25, 0.3) is 0 Å². The van der Waals surface area contributed by atoms with Gasteiger partial charge in [-0.15, -0.1) is 0 Å². The zero-order valence-electron chi connectivity index (χ0n) is 13.2. The maximum Gasteiger partial charge on any atom is 0.305 e. The Morgan fingerprint density at radius 2 is 2.00 bits per heavy atom. The molecule has 0 saturated heterocycles. The first kappa shape index (κ1) is 18.6. The number of halogens is 1. The van der Waals surface area contributed by atoms with Gasteiger partial charge in [0.25, 0.3) is 0 Å². The zero-order chi connectivity index (χ0) is 17.4. The number of rotatable bonds is 8. The molecule has 0 heterocycles. The minimum Gasteiger partial charge on any atom is -0.481 e. The van der Waals surface area contributed by atoms with E-state index in [1.807, 2.05) is 0 Å². The Hall–Kier alpha value is -2.44. The summed E-state index contributed by atoms with van der Waals surface area (Å²) in [6.45, 7) is 3.42. The molecule has 23 heavy (non-hydrogen) atoms. The van der Waals surface area contributed by atoms with E-state index in [0.717, 1.165) is 0 Å². The summed E-state index contributed by atoms with van der Waals surface area (Å²) in [4.78, 5) is 35.9. The molecule has 0 aliphatic heterocycles. The van der Waals surface area contributed by atoms with Crippen molar-refractivity contribution >= 4 is 17.8 Å². The molecule has 7 heteroatoms. The molecule has 0 saturated carbocycles.